The molecule has 2 aromatic carbocycles. The van der Waals surface area contributed by atoms with Crippen molar-refractivity contribution in [1.29, 1.82) is 0 Å². The lowest BCUT2D eigenvalue weighted by atomic mass is 10.0. The molecule has 3 rings (SSSR count). The van der Waals surface area contributed by atoms with Gasteiger partial charge in [0.2, 0.25) is 0 Å². The normalized spacial score (nSPS) is 12.8. The van der Waals surface area contributed by atoms with Crippen LogP contribution in [-0.2, 0) is 12.8 Å². The van der Waals surface area contributed by atoms with Crippen molar-refractivity contribution in [1.82, 2.24) is 0 Å². The smallest absolute Gasteiger partial charge is 0.335 e. The second-order valence-corrected chi connectivity index (χ2v) is 4.85. The molecule has 0 unspecified atom stereocenters. The second-order valence-electron chi connectivity index (χ2n) is 4.85. The van der Waals surface area contributed by atoms with Crippen molar-refractivity contribution in [3.63, 3.8) is 0 Å². The van der Waals surface area contributed by atoms with Crippen molar-refractivity contribution < 1.29 is 9.90 Å². The van der Waals surface area contributed by atoms with Gasteiger partial charge in [0.25, 0.3) is 0 Å². The van der Waals surface area contributed by atoms with Crippen LogP contribution in [0.4, 0.5) is 5.69 Å². The predicted octanol–water partition coefficient (Wildman–Crippen LogP) is 2.94. The van der Waals surface area contributed by atoms with Gasteiger partial charge in [0.1, 0.15) is 0 Å². The number of carbonyl (C=O) groups is 1. The molecule has 19 heavy (non-hydrogen) atoms. The summed E-state index contributed by atoms with van der Waals surface area (Å²) < 4.78 is 0. The molecule has 0 bridgehead atoms. The molecule has 3 heteroatoms. The maximum atomic E-state index is 11.0. The van der Waals surface area contributed by atoms with E-state index in [0.29, 0.717) is 5.56 Å². The Morgan fingerprint density at radius 1 is 1.16 bits per heavy atom. The molecule has 2 aromatic rings. The zero-order chi connectivity index (χ0) is 13.2. The van der Waals surface area contributed by atoms with Gasteiger partial charge >= 0.3 is 5.97 Å². The summed E-state index contributed by atoms with van der Waals surface area (Å²) in [6.45, 7) is 1.01. The maximum Gasteiger partial charge on any atom is 0.335 e. The van der Waals surface area contributed by atoms with Crippen molar-refractivity contribution in [3.8, 4) is 0 Å². The number of hydrogen-bond acceptors (Lipinski definition) is 2. The van der Waals surface area contributed by atoms with Crippen molar-refractivity contribution in [3.05, 3.63) is 64.7 Å². The Bertz CT molecular complexity index is 634. The van der Waals surface area contributed by atoms with Gasteiger partial charge < -0.3 is 10.4 Å². The fourth-order valence-electron chi connectivity index (χ4n) is 2.52. The molecule has 0 saturated carbocycles. The second kappa shape index (κ2) is 4.76. The van der Waals surface area contributed by atoms with Gasteiger partial charge in [-0.2, -0.15) is 0 Å². The number of aromatic carboxylic acids is 1. The highest BCUT2D eigenvalue weighted by Gasteiger charge is 2.10. The molecule has 1 aliphatic heterocycles. The largest absolute Gasteiger partial charge is 0.478 e. The van der Waals surface area contributed by atoms with Crippen molar-refractivity contribution >= 4 is 11.7 Å². The average Bonchev–Trinajstić information content (AvgIpc) is 2.86. The molecule has 0 saturated heterocycles. The van der Waals surface area contributed by atoms with Gasteiger partial charge in [0, 0.05) is 12.2 Å². The number of carboxylic acid groups (broad SMARTS) is 1. The fourth-order valence-corrected chi connectivity index (χ4v) is 2.52. The van der Waals surface area contributed by atoms with E-state index in [2.05, 4.69) is 23.5 Å². The lowest BCUT2D eigenvalue weighted by Gasteiger charge is -2.06. The summed E-state index contributed by atoms with van der Waals surface area (Å²) in [5.74, 6) is -0.875. The van der Waals surface area contributed by atoms with E-state index in [9.17, 15) is 4.79 Å². The third-order valence-corrected chi connectivity index (χ3v) is 3.46. The van der Waals surface area contributed by atoms with E-state index in [4.69, 9.17) is 5.11 Å². The average molecular weight is 253 g/mol. The number of anilines is 1. The van der Waals surface area contributed by atoms with E-state index in [0.717, 1.165) is 24.9 Å². The van der Waals surface area contributed by atoms with Crippen LogP contribution in [0.2, 0.25) is 0 Å². The van der Waals surface area contributed by atoms with Gasteiger partial charge in [-0.1, -0.05) is 24.3 Å². The zero-order valence-electron chi connectivity index (χ0n) is 10.5. The Balaban J connectivity index is 1.85. The Morgan fingerprint density at radius 3 is 2.84 bits per heavy atom. The summed E-state index contributed by atoms with van der Waals surface area (Å²) in [5.41, 5.74) is 5.19. The molecule has 1 heterocycles. The lowest BCUT2D eigenvalue weighted by molar-refractivity contribution is 0.0697. The van der Waals surface area contributed by atoms with Crippen molar-refractivity contribution in [2.24, 2.45) is 0 Å². The predicted molar refractivity (Wildman–Crippen MR) is 74.8 cm³/mol. The Labute approximate surface area is 111 Å². The molecular weight excluding hydrogens is 238 g/mol. The highest BCUT2D eigenvalue weighted by molar-refractivity contribution is 5.87. The van der Waals surface area contributed by atoms with E-state index in [-0.39, 0.29) is 0 Å². The molecule has 3 nitrogen and oxygen atoms in total. The quantitative estimate of drug-likeness (QED) is 0.884. The Kier molecular flexibility index (Phi) is 2.95. The molecule has 1 aliphatic rings. The number of benzene rings is 2. The van der Waals surface area contributed by atoms with Crippen LogP contribution in [-0.4, -0.2) is 17.6 Å². The number of rotatable bonds is 3. The summed E-state index contributed by atoms with van der Waals surface area (Å²) in [6, 6.07) is 13.6. The van der Waals surface area contributed by atoms with E-state index in [1.54, 1.807) is 18.2 Å². The summed E-state index contributed by atoms with van der Waals surface area (Å²) in [4.78, 5) is 11.0. The Hall–Kier alpha value is -2.29. The SMILES string of the molecule is O=C(O)c1cccc(Cc2ccc3c(c2)CCN3)c1. The third-order valence-electron chi connectivity index (χ3n) is 3.46. The number of carboxylic acids is 1. The van der Waals surface area contributed by atoms with E-state index < -0.39 is 5.97 Å². The molecule has 0 spiro atoms. The number of fused-ring (bicyclic) bond motifs is 1. The van der Waals surface area contributed by atoms with Crippen LogP contribution >= 0.6 is 0 Å². The van der Waals surface area contributed by atoms with Crippen LogP contribution in [0.15, 0.2) is 42.5 Å². The maximum absolute atomic E-state index is 11.0. The van der Waals surface area contributed by atoms with Gasteiger partial charge in [0.15, 0.2) is 0 Å². The first kappa shape index (κ1) is 11.8. The van der Waals surface area contributed by atoms with Gasteiger partial charge in [-0.05, 0) is 47.7 Å². The molecule has 0 aromatic heterocycles. The first-order valence-electron chi connectivity index (χ1n) is 6.40. The fraction of sp³-hybridized carbons (Fsp3) is 0.188. The molecule has 2 N–H and O–H groups in total. The highest BCUT2D eigenvalue weighted by Crippen LogP contribution is 2.24. The molecule has 0 aliphatic carbocycles. The zero-order valence-corrected chi connectivity index (χ0v) is 10.5. The van der Waals surface area contributed by atoms with Crippen LogP contribution in [0.3, 0.4) is 0 Å². The van der Waals surface area contributed by atoms with Gasteiger partial charge in [-0.3, -0.25) is 0 Å². The summed E-state index contributed by atoms with van der Waals surface area (Å²) >= 11 is 0. The minimum absolute atomic E-state index is 0.348. The van der Waals surface area contributed by atoms with E-state index >= 15 is 0 Å². The van der Waals surface area contributed by atoms with E-state index in [1.807, 2.05) is 6.07 Å². The highest BCUT2D eigenvalue weighted by atomic mass is 16.4. The minimum Gasteiger partial charge on any atom is -0.478 e. The minimum atomic E-state index is -0.875. The van der Waals surface area contributed by atoms with Gasteiger partial charge in [0.05, 0.1) is 5.56 Å². The van der Waals surface area contributed by atoms with Crippen LogP contribution in [0.25, 0.3) is 0 Å². The van der Waals surface area contributed by atoms with Gasteiger partial charge in [-0.25, -0.2) is 4.79 Å². The van der Waals surface area contributed by atoms with Crippen LogP contribution in [0, 0.1) is 0 Å². The van der Waals surface area contributed by atoms with E-state index in [1.165, 1.54) is 16.8 Å². The molecule has 0 atom stereocenters. The molecular formula is C16H15NO2. The molecule has 0 radical (unpaired) electrons. The molecule has 96 valence electrons. The lowest BCUT2D eigenvalue weighted by Crippen LogP contribution is -1.98. The van der Waals surface area contributed by atoms with Crippen LogP contribution in [0.1, 0.15) is 27.0 Å². The summed E-state index contributed by atoms with van der Waals surface area (Å²) in [7, 11) is 0. The molecule has 0 fully saturated rings. The van der Waals surface area contributed by atoms with Crippen LogP contribution < -0.4 is 5.32 Å². The number of nitrogens with one attached hydrogen (secondary N) is 1. The number of hydrogen-bond donors (Lipinski definition) is 2. The van der Waals surface area contributed by atoms with Gasteiger partial charge in [-0.15, -0.1) is 0 Å². The van der Waals surface area contributed by atoms with Crippen LogP contribution in [0.5, 0.6) is 0 Å². The molecule has 0 amide bonds. The third kappa shape index (κ3) is 2.45. The Morgan fingerprint density at radius 2 is 2.00 bits per heavy atom. The first-order chi connectivity index (χ1) is 9.22. The topological polar surface area (TPSA) is 49.3 Å². The monoisotopic (exact) mass is 253 g/mol. The first-order valence-corrected chi connectivity index (χ1v) is 6.40. The summed E-state index contributed by atoms with van der Waals surface area (Å²) in [6.07, 6.45) is 1.84. The van der Waals surface area contributed by atoms with Crippen molar-refractivity contribution in [2.75, 3.05) is 11.9 Å². The van der Waals surface area contributed by atoms with Crippen molar-refractivity contribution in [2.45, 2.75) is 12.8 Å². The summed E-state index contributed by atoms with van der Waals surface area (Å²) in [5, 5.41) is 12.3. The standard InChI is InChI=1S/C16H15NO2/c18-16(19)14-3-1-2-11(10-14)8-12-4-5-15-13(9-12)6-7-17-15/h1-5,9-10,17H,6-8H2,(H,18,19).